The van der Waals surface area contributed by atoms with Crippen molar-refractivity contribution in [1.82, 2.24) is 15.5 Å². The van der Waals surface area contributed by atoms with E-state index in [1.54, 1.807) is 17.0 Å². The van der Waals surface area contributed by atoms with Crippen molar-refractivity contribution in [2.24, 2.45) is 5.73 Å². The number of nitrogens with zero attached hydrogens (tertiary/aromatic N) is 1. The molecular weight excluding hydrogens is 272 g/mol. The number of nitrogens with one attached hydrogen (secondary N) is 2. The Morgan fingerprint density at radius 3 is 2.52 bits per heavy atom. The second kappa shape index (κ2) is 6.85. The second-order valence-electron chi connectivity index (χ2n) is 4.76. The van der Waals surface area contributed by atoms with Crippen LogP contribution in [0.5, 0.6) is 0 Å². The number of carbonyl (C=O) groups excluding carboxylic acids is 3. The van der Waals surface area contributed by atoms with Crippen LogP contribution in [-0.2, 0) is 4.79 Å². The molecular formula is C14H18N4O3. The molecule has 1 saturated heterocycles. The minimum Gasteiger partial charge on any atom is -0.366 e. The Bertz CT molecular complexity index is 553. The Hall–Kier alpha value is -2.41. The first-order chi connectivity index (χ1) is 10.1. The van der Waals surface area contributed by atoms with E-state index in [4.69, 9.17) is 5.73 Å². The number of carbonyl (C=O) groups is 3. The number of rotatable bonds is 4. The predicted molar refractivity (Wildman–Crippen MR) is 76.7 cm³/mol. The summed E-state index contributed by atoms with van der Waals surface area (Å²) in [5, 5.41) is 5.71. The zero-order chi connectivity index (χ0) is 15.2. The summed E-state index contributed by atoms with van der Waals surface area (Å²) >= 11 is 0. The number of benzene rings is 1. The van der Waals surface area contributed by atoms with Gasteiger partial charge in [0, 0.05) is 37.3 Å². The van der Waals surface area contributed by atoms with Crippen LogP contribution in [0, 0.1) is 0 Å². The molecule has 1 aliphatic rings. The molecule has 1 heterocycles. The second-order valence-corrected chi connectivity index (χ2v) is 4.76. The monoisotopic (exact) mass is 290 g/mol. The Morgan fingerprint density at radius 2 is 1.86 bits per heavy atom. The number of nitrogens with two attached hydrogens (primary N) is 1. The zero-order valence-electron chi connectivity index (χ0n) is 11.6. The molecule has 0 atom stereocenters. The normalized spacial score (nSPS) is 14.6. The lowest BCUT2D eigenvalue weighted by molar-refractivity contribution is -0.130. The summed E-state index contributed by atoms with van der Waals surface area (Å²) in [5.41, 5.74) is 5.73. The fraction of sp³-hybridized carbons (Fsp3) is 0.357. The topological polar surface area (TPSA) is 105 Å². The van der Waals surface area contributed by atoms with E-state index in [2.05, 4.69) is 10.6 Å². The van der Waals surface area contributed by atoms with Gasteiger partial charge in [-0.05, 0) is 18.2 Å². The quantitative estimate of drug-likeness (QED) is 0.658. The molecule has 21 heavy (non-hydrogen) atoms. The van der Waals surface area contributed by atoms with Gasteiger partial charge >= 0.3 is 0 Å². The van der Waals surface area contributed by atoms with Crippen molar-refractivity contribution in [3.8, 4) is 0 Å². The molecule has 1 fully saturated rings. The average Bonchev–Trinajstić information content (AvgIpc) is 2.53. The van der Waals surface area contributed by atoms with E-state index in [0.717, 1.165) is 13.1 Å². The van der Waals surface area contributed by atoms with Crippen LogP contribution in [-0.4, -0.2) is 55.3 Å². The summed E-state index contributed by atoms with van der Waals surface area (Å²) < 4.78 is 0. The van der Waals surface area contributed by atoms with Crippen LogP contribution in [0.1, 0.15) is 20.7 Å². The molecule has 0 spiro atoms. The Kier molecular flexibility index (Phi) is 4.89. The minimum atomic E-state index is -0.596. The van der Waals surface area contributed by atoms with Gasteiger partial charge in [-0.3, -0.25) is 14.4 Å². The lowest BCUT2D eigenvalue weighted by atomic mass is 10.1. The van der Waals surface area contributed by atoms with Crippen molar-refractivity contribution >= 4 is 17.7 Å². The van der Waals surface area contributed by atoms with Crippen molar-refractivity contribution in [1.29, 1.82) is 0 Å². The molecule has 1 aromatic rings. The Balaban J connectivity index is 1.90. The zero-order valence-corrected chi connectivity index (χ0v) is 11.6. The van der Waals surface area contributed by atoms with E-state index in [1.165, 1.54) is 12.1 Å². The largest absolute Gasteiger partial charge is 0.366 e. The first-order valence-corrected chi connectivity index (χ1v) is 6.74. The SMILES string of the molecule is NC(=O)c1cccc(C(=O)NCC(=O)N2CCNCC2)c1. The summed E-state index contributed by atoms with van der Waals surface area (Å²) in [6, 6.07) is 6.09. The highest BCUT2D eigenvalue weighted by Crippen LogP contribution is 2.04. The molecule has 2 rings (SSSR count). The number of amides is 3. The van der Waals surface area contributed by atoms with Gasteiger partial charge < -0.3 is 21.3 Å². The molecule has 0 radical (unpaired) electrons. The summed E-state index contributed by atoms with van der Waals surface area (Å²) in [4.78, 5) is 36.7. The van der Waals surface area contributed by atoms with Crippen LogP contribution in [0.2, 0.25) is 0 Å². The van der Waals surface area contributed by atoms with E-state index in [0.29, 0.717) is 18.7 Å². The highest BCUT2D eigenvalue weighted by Gasteiger charge is 2.17. The van der Waals surface area contributed by atoms with Gasteiger partial charge in [0.2, 0.25) is 11.8 Å². The fourth-order valence-corrected chi connectivity index (χ4v) is 2.10. The Morgan fingerprint density at radius 1 is 1.19 bits per heavy atom. The predicted octanol–water partition coefficient (Wildman–Crippen LogP) is -1.05. The maximum Gasteiger partial charge on any atom is 0.251 e. The molecule has 0 unspecified atom stereocenters. The van der Waals surface area contributed by atoms with E-state index in [-0.39, 0.29) is 18.0 Å². The molecule has 0 bridgehead atoms. The van der Waals surface area contributed by atoms with Gasteiger partial charge in [0.1, 0.15) is 0 Å². The molecule has 0 aromatic heterocycles. The van der Waals surface area contributed by atoms with Crippen molar-refractivity contribution in [3.63, 3.8) is 0 Å². The van der Waals surface area contributed by atoms with Gasteiger partial charge in [-0.15, -0.1) is 0 Å². The van der Waals surface area contributed by atoms with Gasteiger partial charge in [-0.2, -0.15) is 0 Å². The van der Waals surface area contributed by atoms with E-state index in [1.807, 2.05) is 0 Å². The highest BCUT2D eigenvalue weighted by atomic mass is 16.2. The Labute approximate surface area is 122 Å². The van der Waals surface area contributed by atoms with E-state index >= 15 is 0 Å². The molecule has 0 aliphatic carbocycles. The van der Waals surface area contributed by atoms with Crippen LogP contribution in [0.3, 0.4) is 0 Å². The fourth-order valence-electron chi connectivity index (χ4n) is 2.10. The van der Waals surface area contributed by atoms with Crippen molar-refractivity contribution in [2.75, 3.05) is 32.7 Å². The van der Waals surface area contributed by atoms with E-state index < -0.39 is 11.8 Å². The molecule has 112 valence electrons. The lowest BCUT2D eigenvalue weighted by Gasteiger charge is -2.27. The maximum absolute atomic E-state index is 12.0. The van der Waals surface area contributed by atoms with E-state index in [9.17, 15) is 14.4 Å². The number of hydrogen-bond acceptors (Lipinski definition) is 4. The molecule has 0 saturated carbocycles. The lowest BCUT2D eigenvalue weighted by Crippen LogP contribution is -2.49. The highest BCUT2D eigenvalue weighted by molar-refractivity contribution is 6.00. The molecule has 3 amide bonds. The number of primary amides is 1. The van der Waals surface area contributed by atoms with Crippen molar-refractivity contribution in [2.45, 2.75) is 0 Å². The summed E-state index contributed by atoms with van der Waals surface area (Å²) in [7, 11) is 0. The van der Waals surface area contributed by atoms with Crippen LogP contribution >= 0.6 is 0 Å². The minimum absolute atomic E-state index is 0.0559. The number of hydrogen-bond donors (Lipinski definition) is 3. The summed E-state index contributed by atoms with van der Waals surface area (Å²) in [5.74, 6) is -1.11. The molecule has 1 aliphatic heterocycles. The first kappa shape index (κ1) is 15.0. The molecule has 1 aromatic carbocycles. The molecule has 7 heteroatoms. The van der Waals surface area contributed by atoms with Crippen LogP contribution in [0.25, 0.3) is 0 Å². The summed E-state index contributed by atoms with van der Waals surface area (Å²) in [6.07, 6.45) is 0. The molecule has 7 nitrogen and oxygen atoms in total. The third-order valence-corrected chi connectivity index (χ3v) is 3.28. The van der Waals surface area contributed by atoms with Crippen molar-refractivity contribution in [3.05, 3.63) is 35.4 Å². The third kappa shape index (κ3) is 4.03. The van der Waals surface area contributed by atoms with Crippen molar-refractivity contribution < 1.29 is 14.4 Å². The van der Waals surface area contributed by atoms with Gasteiger partial charge in [0.15, 0.2) is 0 Å². The average molecular weight is 290 g/mol. The smallest absolute Gasteiger partial charge is 0.251 e. The third-order valence-electron chi connectivity index (χ3n) is 3.28. The first-order valence-electron chi connectivity index (χ1n) is 6.74. The van der Waals surface area contributed by atoms with Crippen LogP contribution < -0.4 is 16.4 Å². The molecule has 4 N–H and O–H groups in total. The van der Waals surface area contributed by atoms with Gasteiger partial charge in [0.05, 0.1) is 6.54 Å². The standard InChI is InChI=1S/C14H18N4O3/c15-13(20)10-2-1-3-11(8-10)14(21)17-9-12(19)18-6-4-16-5-7-18/h1-3,8,16H,4-7,9H2,(H2,15,20)(H,17,21). The van der Waals surface area contributed by atoms with Gasteiger partial charge in [-0.1, -0.05) is 6.07 Å². The number of piperazine rings is 1. The maximum atomic E-state index is 12.0. The van der Waals surface area contributed by atoms with Gasteiger partial charge in [0.25, 0.3) is 5.91 Å². The van der Waals surface area contributed by atoms with Gasteiger partial charge in [-0.25, -0.2) is 0 Å². The van der Waals surface area contributed by atoms with Crippen LogP contribution in [0.4, 0.5) is 0 Å². The van der Waals surface area contributed by atoms with Crippen LogP contribution in [0.15, 0.2) is 24.3 Å². The summed E-state index contributed by atoms with van der Waals surface area (Å²) in [6.45, 7) is 2.76.